The first-order valence-corrected chi connectivity index (χ1v) is 7.56. The van der Waals surface area contributed by atoms with Gasteiger partial charge in [0.25, 0.3) is 0 Å². The molecule has 18 heavy (non-hydrogen) atoms. The van der Waals surface area contributed by atoms with Gasteiger partial charge in [-0.3, -0.25) is 0 Å². The standard InChI is InChI=1S/C16H34N2/c1-11(2)9-17-14-15(5,6)10-18-13(12(3)4)16(14,7)8/h11-14,17-18H,9-10H2,1-8H3. The fourth-order valence-electron chi connectivity index (χ4n) is 3.91. The molecule has 0 amide bonds. The zero-order chi connectivity index (χ0) is 14.1. The maximum absolute atomic E-state index is 3.85. The van der Waals surface area contributed by atoms with Crippen LogP contribution in [0.15, 0.2) is 0 Å². The first-order chi connectivity index (χ1) is 8.09. The molecule has 0 bridgehead atoms. The van der Waals surface area contributed by atoms with Crippen LogP contribution in [0, 0.1) is 22.7 Å². The summed E-state index contributed by atoms with van der Waals surface area (Å²) < 4.78 is 0. The van der Waals surface area contributed by atoms with Crippen molar-refractivity contribution in [2.45, 2.75) is 67.5 Å². The average molecular weight is 254 g/mol. The Hall–Kier alpha value is -0.0800. The molecule has 0 aromatic rings. The van der Waals surface area contributed by atoms with Crippen molar-refractivity contribution in [3.8, 4) is 0 Å². The second-order valence-corrected chi connectivity index (χ2v) is 8.15. The van der Waals surface area contributed by atoms with E-state index in [-0.39, 0.29) is 5.41 Å². The van der Waals surface area contributed by atoms with Gasteiger partial charge < -0.3 is 10.6 Å². The van der Waals surface area contributed by atoms with Gasteiger partial charge in [-0.05, 0) is 29.2 Å². The SMILES string of the molecule is CC(C)CNC1C(C)(C)CNC(C(C)C)C1(C)C. The highest BCUT2D eigenvalue weighted by Crippen LogP contribution is 2.42. The molecule has 0 aliphatic carbocycles. The summed E-state index contributed by atoms with van der Waals surface area (Å²) >= 11 is 0. The van der Waals surface area contributed by atoms with Crippen LogP contribution >= 0.6 is 0 Å². The lowest BCUT2D eigenvalue weighted by molar-refractivity contribution is 0.00760. The van der Waals surface area contributed by atoms with Crippen LogP contribution in [0.4, 0.5) is 0 Å². The molecule has 108 valence electrons. The molecule has 2 N–H and O–H groups in total. The Morgan fingerprint density at radius 1 is 1.11 bits per heavy atom. The Morgan fingerprint density at radius 2 is 1.67 bits per heavy atom. The number of nitrogens with one attached hydrogen (secondary N) is 2. The molecule has 1 heterocycles. The van der Waals surface area contributed by atoms with Crippen LogP contribution in [0.1, 0.15) is 55.4 Å². The number of hydrogen-bond acceptors (Lipinski definition) is 2. The molecule has 1 aliphatic rings. The minimum Gasteiger partial charge on any atom is -0.313 e. The summed E-state index contributed by atoms with van der Waals surface area (Å²) in [6.45, 7) is 21.1. The lowest BCUT2D eigenvalue weighted by Crippen LogP contribution is -2.68. The minimum atomic E-state index is 0.283. The van der Waals surface area contributed by atoms with Gasteiger partial charge in [-0.15, -0.1) is 0 Å². The van der Waals surface area contributed by atoms with Crippen LogP contribution < -0.4 is 10.6 Å². The number of piperidine rings is 1. The first kappa shape index (κ1) is 16.0. The summed E-state index contributed by atoms with van der Waals surface area (Å²) in [6.07, 6.45) is 0. The van der Waals surface area contributed by atoms with Gasteiger partial charge in [-0.1, -0.05) is 55.4 Å². The predicted octanol–water partition coefficient (Wildman–Crippen LogP) is 3.28. The van der Waals surface area contributed by atoms with Gasteiger partial charge in [0.05, 0.1) is 0 Å². The average Bonchev–Trinajstić information content (AvgIpc) is 2.13. The van der Waals surface area contributed by atoms with E-state index in [4.69, 9.17) is 0 Å². The van der Waals surface area contributed by atoms with Gasteiger partial charge in [0, 0.05) is 18.6 Å². The van der Waals surface area contributed by atoms with E-state index in [9.17, 15) is 0 Å². The summed E-state index contributed by atoms with van der Waals surface area (Å²) in [6, 6.07) is 1.16. The Bertz CT molecular complexity index is 266. The molecular weight excluding hydrogens is 220 g/mol. The van der Waals surface area contributed by atoms with Crippen LogP contribution in [-0.2, 0) is 0 Å². The molecule has 0 aromatic carbocycles. The second-order valence-electron chi connectivity index (χ2n) is 8.15. The van der Waals surface area contributed by atoms with Crippen LogP contribution in [0.3, 0.4) is 0 Å². The second kappa shape index (κ2) is 5.50. The van der Waals surface area contributed by atoms with Crippen LogP contribution in [0.25, 0.3) is 0 Å². The van der Waals surface area contributed by atoms with E-state index in [2.05, 4.69) is 66.0 Å². The molecule has 2 unspecified atom stereocenters. The summed E-state index contributed by atoms with van der Waals surface area (Å²) in [5.41, 5.74) is 0.592. The molecule has 0 saturated carbocycles. The summed E-state index contributed by atoms with van der Waals surface area (Å²) in [7, 11) is 0. The maximum atomic E-state index is 3.85. The van der Waals surface area contributed by atoms with Crippen molar-refractivity contribution < 1.29 is 0 Å². The molecule has 0 radical (unpaired) electrons. The largest absolute Gasteiger partial charge is 0.313 e. The van der Waals surface area contributed by atoms with Crippen LogP contribution in [0.2, 0.25) is 0 Å². The molecule has 2 heteroatoms. The van der Waals surface area contributed by atoms with Gasteiger partial charge in [0.1, 0.15) is 0 Å². The van der Waals surface area contributed by atoms with Crippen molar-refractivity contribution in [2.75, 3.05) is 13.1 Å². The van der Waals surface area contributed by atoms with Crippen LogP contribution in [-0.4, -0.2) is 25.2 Å². The molecule has 2 nitrogen and oxygen atoms in total. The highest BCUT2D eigenvalue weighted by atomic mass is 15.1. The fraction of sp³-hybridized carbons (Fsp3) is 1.00. The fourth-order valence-corrected chi connectivity index (χ4v) is 3.91. The van der Waals surface area contributed by atoms with Crippen molar-refractivity contribution >= 4 is 0 Å². The Morgan fingerprint density at radius 3 is 2.11 bits per heavy atom. The Labute approximate surface area is 114 Å². The number of rotatable bonds is 4. The Kier molecular flexibility index (Phi) is 4.88. The summed E-state index contributed by atoms with van der Waals surface area (Å²) in [5.74, 6) is 1.39. The van der Waals surface area contributed by atoms with E-state index in [1.54, 1.807) is 0 Å². The zero-order valence-corrected chi connectivity index (χ0v) is 13.7. The smallest absolute Gasteiger partial charge is 0.0197 e. The van der Waals surface area contributed by atoms with E-state index < -0.39 is 0 Å². The van der Waals surface area contributed by atoms with Crippen molar-refractivity contribution in [1.29, 1.82) is 0 Å². The normalized spacial score (nSPS) is 31.0. The third kappa shape index (κ3) is 3.27. The van der Waals surface area contributed by atoms with Crippen molar-refractivity contribution in [1.82, 2.24) is 10.6 Å². The van der Waals surface area contributed by atoms with E-state index in [0.717, 1.165) is 13.1 Å². The molecule has 1 fully saturated rings. The third-order valence-corrected chi connectivity index (χ3v) is 4.50. The number of hydrogen-bond donors (Lipinski definition) is 2. The lowest BCUT2D eigenvalue weighted by Gasteiger charge is -2.55. The van der Waals surface area contributed by atoms with E-state index in [0.29, 0.717) is 29.3 Å². The lowest BCUT2D eigenvalue weighted by atomic mass is 9.61. The molecule has 1 saturated heterocycles. The molecule has 1 aliphatic heterocycles. The van der Waals surface area contributed by atoms with Gasteiger partial charge in [-0.2, -0.15) is 0 Å². The van der Waals surface area contributed by atoms with E-state index >= 15 is 0 Å². The topological polar surface area (TPSA) is 24.1 Å². The Balaban J connectivity index is 2.90. The van der Waals surface area contributed by atoms with Gasteiger partial charge in [0.15, 0.2) is 0 Å². The summed E-state index contributed by atoms with van der Waals surface area (Å²) in [4.78, 5) is 0. The summed E-state index contributed by atoms with van der Waals surface area (Å²) in [5, 5.41) is 7.62. The minimum absolute atomic E-state index is 0.283. The quantitative estimate of drug-likeness (QED) is 0.804. The molecule has 2 atom stereocenters. The maximum Gasteiger partial charge on any atom is 0.0197 e. The first-order valence-electron chi connectivity index (χ1n) is 7.56. The predicted molar refractivity (Wildman–Crippen MR) is 80.8 cm³/mol. The molecule has 0 spiro atoms. The molecular formula is C16H34N2. The van der Waals surface area contributed by atoms with Crippen molar-refractivity contribution in [3.05, 3.63) is 0 Å². The third-order valence-electron chi connectivity index (χ3n) is 4.50. The van der Waals surface area contributed by atoms with E-state index in [1.807, 2.05) is 0 Å². The van der Waals surface area contributed by atoms with Gasteiger partial charge in [-0.25, -0.2) is 0 Å². The van der Waals surface area contributed by atoms with Crippen molar-refractivity contribution in [3.63, 3.8) is 0 Å². The zero-order valence-electron chi connectivity index (χ0n) is 13.7. The molecule has 0 aromatic heterocycles. The highest BCUT2D eigenvalue weighted by Gasteiger charge is 2.49. The van der Waals surface area contributed by atoms with E-state index in [1.165, 1.54) is 0 Å². The highest BCUT2D eigenvalue weighted by molar-refractivity contribution is 5.06. The van der Waals surface area contributed by atoms with Crippen LogP contribution in [0.5, 0.6) is 0 Å². The van der Waals surface area contributed by atoms with Gasteiger partial charge in [0.2, 0.25) is 0 Å². The molecule has 1 rings (SSSR count). The monoisotopic (exact) mass is 254 g/mol. The van der Waals surface area contributed by atoms with Crippen molar-refractivity contribution in [2.24, 2.45) is 22.7 Å². The van der Waals surface area contributed by atoms with Gasteiger partial charge >= 0.3 is 0 Å².